The van der Waals surface area contributed by atoms with Crippen molar-refractivity contribution in [3.05, 3.63) is 40.3 Å². The maximum absolute atomic E-state index is 11.2. The Bertz CT molecular complexity index is 393. The predicted octanol–water partition coefficient (Wildman–Crippen LogP) is 0.524. The number of nitrogens with one attached hydrogen (secondary N) is 2. The van der Waals surface area contributed by atoms with Crippen LogP contribution in [0.5, 0.6) is 0 Å². The first-order valence-electron chi connectivity index (χ1n) is 4.29. The first-order valence-corrected chi connectivity index (χ1v) is 4.29. The molecule has 4 nitrogen and oxygen atoms in total. The molecule has 0 radical (unpaired) electrons. The summed E-state index contributed by atoms with van der Waals surface area (Å²) in [5.74, 6) is -0.0865. The van der Waals surface area contributed by atoms with Crippen LogP contribution in [-0.4, -0.2) is 17.4 Å². The molecule has 1 aromatic rings. The standard InChI is InChI=1S/C10H12N2O2/c1-8(13)11-6-2-4-9-5-3-7-12-10(9)14/h2-5,7H,6H2,1H3,(H,11,13)(H,12,14). The molecule has 0 aromatic carbocycles. The van der Waals surface area contributed by atoms with Crippen molar-refractivity contribution in [2.24, 2.45) is 0 Å². The molecule has 1 aromatic heterocycles. The van der Waals surface area contributed by atoms with Gasteiger partial charge in [-0.05, 0) is 12.1 Å². The van der Waals surface area contributed by atoms with Crippen molar-refractivity contribution in [1.29, 1.82) is 0 Å². The highest BCUT2D eigenvalue weighted by molar-refractivity contribution is 5.73. The number of aromatic nitrogens is 1. The van der Waals surface area contributed by atoms with Crippen LogP contribution in [0.25, 0.3) is 6.08 Å². The summed E-state index contributed by atoms with van der Waals surface area (Å²) in [5, 5.41) is 2.60. The maximum atomic E-state index is 11.2. The molecule has 14 heavy (non-hydrogen) atoms. The van der Waals surface area contributed by atoms with Gasteiger partial charge in [0.05, 0.1) is 0 Å². The van der Waals surface area contributed by atoms with E-state index in [1.54, 1.807) is 30.5 Å². The maximum Gasteiger partial charge on any atom is 0.255 e. The van der Waals surface area contributed by atoms with Crippen LogP contribution in [0.4, 0.5) is 0 Å². The van der Waals surface area contributed by atoms with Crippen LogP contribution in [0.15, 0.2) is 29.2 Å². The van der Waals surface area contributed by atoms with Crippen LogP contribution in [0.1, 0.15) is 12.5 Å². The smallest absolute Gasteiger partial charge is 0.255 e. The highest BCUT2D eigenvalue weighted by Gasteiger charge is 1.91. The summed E-state index contributed by atoms with van der Waals surface area (Å²) < 4.78 is 0. The van der Waals surface area contributed by atoms with Crippen molar-refractivity contribution in [1.82, 2.24) is 10.3 Å². The second kappa shape index (κ2) is 5.01. The largest absolute Gasteiger partial charge is 0.353 e. The van der Waals surface area contributed by atoms with Crippen molar-refractivity contribution in [3.63, 3.8) is 0 Å². The zero-order valence-corrected chi connectivity index (χ0v) is 7.91. The highest BCUT2D eigenvalue weighted by Crippen LogP contribution is 1.91. The lowest BCUT2D eigenvalue weighted by Crippen LogP contribution is -2.19. The van der Waals surface area contributed by atoms with E-state index < -0.39 is 0 Å². The first kappa shape index (κ1) is 10.2. The molecule has 0 unspecified atom stereocenters. The van der Waals surface area contributed by atoms with Crippen molar-refractivity contribution in [2.45, 2.75) is 6.92 Å². The molecule has 0 bridgehead atoms. The van der Waals surface area contributed by atoms with E-state index in [-0.39, 0.29) is 11.5 Å². The molecular weight excluding hydrogens is 180 g/mol. The molecule has 0 saturated heterocycles. The Balaban J connectivity index is 2.56. The molecule has 0 aliphatic carbocycles. The van der Waals surface area contributed by atoms with E-state index in [0.717, 1.165) is 0 Å². The van der Waals surface area contributed by atoms with E-state index in [1.165, 1.54) is 6.92 Å². The molecule has 1 rings (SSSR count). The number of carbonyl (C=O) groups is 1. The van der Waals surface area contributed by atoms with E-state index in [1.807, 2.05) is 0 Å². The van der Waals surface area contributed by atoms with Gasteiger partial charge in [-0.3, -0.25) is 9.59 Å². The number of rotatable bonds is 3. The van der Waals surface area contributed by atoms with Gasteiger partial charge in [0.15, 0.2) is 0 Å². The molecular formula is C10H12N2O2. The summed E-state index contributed by atoms with van der Waals surface area (Å²) in [4.78, 5) is 24.2. The summed E-state index contributed by atoms with van der Waals surface area (Å²) in [6.45, 7) is 1.88. The Kier molecular flexibility index (Phi) is 3.67. The average molecular weight is 192 g/mol. The molecule has 0 atom stereocenters. The summed E-state index contributed by atoms with van der Waals surface area (Å²) in [7, 11) is 0. The average Bonchev–Trinajstić information content (AvgIpc) is 2.15. The van der Waals surface area contributed by atoms with E-state index in [4.69, 9.17) is 0 Å². The Morgan fingerprint density at radius 3 is 3.07 bits per heavy atom. The van der Waals surface area contributed by atoms with Crippen LogP contribution in [-0.2, 0) is 4.79 Å². The lowest BCUT2D eigenvalue weighted by molar-refractivity contribution is -0.118. The number of H-pyrrole nitrogens is 1. The van der Waals surface area contributed by atoms with Crippen molar-refractivity contribution in [3.8, 4) is 0 Å². The van der Waals surface area contributed by atoms with Crippen molar-refractivity contribution >= 4 is 12.0 Å². The summed E-state index contributed by atoms with van der Waals surface area (Å²) in [6, 6.07) is 3.46. The zero-order chi connectivity index (χ0) is 10.4. The van der Waals surface area contributed by atoms with Crippen molar-refractivity contribution < 1.29 is 4.79 Å². The fourth-order valence-electron chi connectivity index (χ4n) is 0.954. The first-order chi connectivity index (χ1) is 6.70. The molecule has 1 amide bonds. The number of hydrogen-bond donors (Lipinski definition) is 2. The van der Waals surface area contributed by atoms with Gasteiger partial charge in [-0.1, -0.05) is 12.2 Å². The molecule has 0 spiro atoms. The second-order valence-electron chi connectivity index (χ2n) is 2.79. The molecule has 0 aliphatic heterocycles. The normalized spacial score (nSPS) is 10.4. The van der Waals surface area contributed by atoms with E-state index >= 15 is 0 Å². The van der Waals surface area contributed by atoms with Gasteiger partial charge in [0.25, 0.3) is 5.56 Å². The van der Waals surface area contributed by atoms with E-state index in [2.05, 4.69) is 10.3 Å². The minimum Gasteiger partial charge on any atom is -0.353 e. The van der Waals surface area contributed by atoms with Crippen LogP contribution in [0.3, 0.4) is 0 Å². The second-order valence-corrected chi connectivity index (χ2v) is 2.79. The SMILES string of the molecule is CC(=O)NCC=Cc1ccc[nH]c1=O. The molecule has 0 saturated carbocycles. The number of aromatic amines is 1. The fourth-order valence-corrected chi connectivity index (χ4v) is 0.954. The Labute approximate surface area is 81.7 Å². The molecule has 4 heteroatoms. The minimum atomic E-state index is -0.133. The Hall–Kier alpha value is -1.84. The van der Waals surface area contributed by atoms with Crippen LogP contribution >= 0.6 is 0 Å². The van der Waals surface area contributed by atoms with Gasteiger partial charge >= 0.3 is 0 Å². The quantitative estimate of drug-likeness (QED) is 0.733. The summed E-state index contributed by atoms with van der Waals surface area (Å²) >= 11 is 0. The Morgan fingerprint density at radius 2 is 2.43 bits per heavy atom. The molecule has 74 valence electrons. The summed E-state index contributed by atoms with van der Waals surface area (Å²) in [6.07, 6.45) is 4.98. The van der Waals surface area contributed by atoms with E-state index in [0.29, 0.717) is 12.1 Å². The topological polar surface area (TPSA) is 62.0 Å². The number of hydrogen-bond acceptors (Lipinski definition) is 2. The summed E-state index contributed by atoms with van der Waals surface area (Å²) in [5.41, 5.74) is 0.449. The van der Waals surface area contributed by atoms with Gasteiger partial charge < -0.3 is 10.3 Å². The third-order valence-corrected chi connectivity index (χ3v) is 1.61. The molecule has 2 N–H and O–H groups in total. The number of pyridine rings is 1. The predicted molar refractivity (Wildman–Crippen MR) is 54.8 cm³/mol. The van der Waals surface area contributed by atoms with Gasteiger partial charge in [0.1, 0.15) is 0 Å². The zero-order valence-electron chi connectivity index (χ0n) is 7.91. The van der Waals surface area contributed by atoms with Gasteiger partial charge in [0.2, 0.25) is 5.91 Å². The fraction of sp³-hybridized carbons (Fsp3) is 0.200. The van der Waals surface area contributed by atoms with Gasteiger partial charge in [-0.15, -0.1) is 0 Å². The Morgan fingerprint density at radius 1 is 1.64 bits per heavy atom. The molecule has 1 heterocycles. The van der Waals surface area contributed by atoms with Gasteiger partial charge in [0, 0.05) is 25.2 Å². The number of carbonyl (C=O) groups excluding carboxylic acids is 1. The van der Waals surface area contributed by atoms with Gasteiger partial charge in [-0.2, -0.15) is 0 Å². The lowest BCUT2D eigenvalue weighted by atomic mass is 10.2. The van der Waals surface area contributed by atoms with Crippen LogP contribution in [0.2, 0.25) is 0 Å². The van der Waals surface area contributed by atoms with E-state index in [9.17, 15) is 9.59 Å². The minimum absolute atomic E-state index is 0.0865. The third-order valence-electron chi connectivity index (χ3n) is 1.61. The highest BCUT2D eigenvalue weighted by atomic mass is 16.1. The molecule has 0 fully saturated rings. The lowest BCUT2D eigenvalue weighted by Gasteiger charge is -1.94. The van der Waals surface area contributed by atoms with Crippen molar-refractivity contribution in [2.75, 3.05) is 6.54 Å². The third kappa shape index (κ3) is 3.26. The van der Waals surface area contributed by atoms with Crippen LogP contribution < -0.4 is 10.9 Å². The number of amides is 1. The van der Waals surface area contributed by atoms with Gasteiger partial charge in [-0.25, -0.2) is 0 Å². The monoisotopic (exact) mass is 192 g/mol. The van der Waals surface area contributed by atoms with Crippen LogP contribution in [0, 0.1) is 0 Å². The molecule has 0 aliphatic rings.